The number of benzene rings is 1. The Morgan fingerprint density at radius 1 is 1.10 bits per heavy atom. The Labute approximate surface area is 221 Å². The molecule has 1 unspecified atom stereocenters. The van der Waals surface area contributed by atoms with E-state index in [1.54, 1.807) is 14.0 Å². The highest BCUT2D eigenvalue weighted by atomic mass is 32.2. The molecule has 8 nitrogen and oxygen atoms in total. The number of rotatable bonds is 8. The van der Waals surface area contributed by atoms with Crippen molar-refractivity contribution in [3.05, 3.63) is 59.9 Å². The lowest BCUT2D eigenvalue weighted by Crippen LogP contribution is -2.33. The second-order valence-electron chi connectivity index (χ2n) is 8.31. The summed E-state index contributed by atoms with van der Waals surface area (Å²) < 4.78 is 95.6. The Morgan fingerprint density at radius 2 is 1.77 bits per heavy atom. The van der Waals surface area contributed by atoms with Crippen molar-refractivity contribution in [3.63, 3.8) is 0 Å². The molecule has 0 radical (unpaired) electrons. The van der Waals surface area contributed by atoms with Crippen molar-refractivity contribution < 1.29 is 30.9 Å². The van der Waals surface area contributed by atoms with Crippen LogP contribution in [-0.4, -0.2) is 46.8 Å². The number of allylic oxidation sites excluding steroid dienone is 1. The quantitative estimate of drug-likeness (QED) is 0.168. The van der Waals surface area contributed by atoms with E-state index in [2.05, 4.69) is 20.3 Å². The molecular weight excluding hydrogens is 548 g/mol. The third kappa shape index (κ3) is 5.11. The second kappa shape index (κ2) is 10.4. The van der Waals surface area contributed by atoms with Gasteiger partial charge in [-0.2, -0.15) is 22.0 Å². The molecule has 1 atom stereocenters. The summed E-state index contributed by atoms with van der Waals surface area (Å²) in [7, 11) is 3.03. The van der Waals surface area contributed by atoms with Crippen molar-refractivity contribution in [2.75, 3.05) is 11.1 Å². The van der Waals surface area contributed by atoms with Crippen LogP contribution < -0.4 is 5.32 Å². The first kappa shape index (κ1) is 28.2. The van der Waals surface area contributed by atoms with E-state index in [1.165, 1.54) is 46.6 Å². The molecule has 4 aromatic rings. The summed E-state index contributed by atoms with van der Waals surface area (Å²) in [6.45, 7) is 1.66. The van der Waals surface area contributed by atoms with E-state index in [0.717, 1.165) is 6.21 Å². The number of aromatic nitrogens is 5. The average Bonchev–Trinajstić information content (AvgIpc) is 3.40. The molecule has 0 aliphatic rings. The molecule has 0 fully saturated rings. The summed E-state index contributed by atoms with van der Waals surface area (Å²) in [4.78, 5) is 12.5. The topological polar surface area (TPSA) is 107 Å². The maximum absolute atomic E-state index is 13.9. The zero-order valence-corrected chi connectivity index (χ0v) is 21.5. The third-order valence-electron chi connectivity index (χ3n) is 5.81. The summed E-state index contributed by atoms with van der Waals surface area (Å²) >= 11 is -1.62. The molecule has 0 saturated heterocycles. The molecule has 0 bridgehead atoms. The van der Waals surface area contributed by atoms with Crippen molar-refractivity contribution >= 4 is 39.8 Å². The minimum Gasteiger partial charge on any atom is -0.610 e. The summed E-state index contributed by atoms with van der Waals surface area (Å²) in [5.41, 5.74) is -0.760. The van der Waals surface area contributed by atoms with Crippen molar-refractivity contribution in [1.29, 1.82) is 5.41 Å². The van der Waals surface area contributed by atoms with Crippen LogP contribution in [-0.2, 0) is 31.2 Å². The van der Waals surface area contributed by atoms with Crippen LogP contribution in [0.1, 0.15) is 18.3 Å². The number of nitrogens with zero attached hydrogens (tertiary/aromatic N) is 5. The fourth-order valence-electron chi connectivity index (χ4n) is 3.79. The molecule has 15 heteroatoms. The molecule has 0 spiro atoms. The Bertz CT molecular complexity index is 1560. The number of fused-ring (bicyclic) bond motifs is 1. The lowest BCUT2D eigenvalue weighted by atomic mass is 10.1. The molecule has 3 aromatic heterocycles. The molecule has 3 heterocycles. The van der Waals surface area contributed by atoms with Gasteiger partial charge in [-0.25, -0.2) is 19.3 Å². The highest BCUT2D eigenvalue weighted by Gasteiger charge is 2.59. The highest BCUT2D eigenvalue weighted by molar-refractivity contribution is 7.91. The summed E-state index contributed by atoms with van der Waals surface area (Å²) in [6.07, 6.45) is -2.96. The normalized spacial score (nSPS) is 13.6. The van der Waals surface area contributed by atoms with Gasteiger partial charge in [0.1, 0.15) is 22.9 Å². The number of halogens is 6. The van der Waals surface area contributed by atoms with E-state index in [4.69, 9.17) is 5.41 Å². The van der Waals surface area contributed by atoms with Crippen LogP contribution in [0.3, 0.4) is 0 Å². The third-order valence-corrected chi connectivity index (χ3v) is 7.24. The van der Waals surface area contributed by atoms with Gasteiger partial charge in [0.05, 0.1) is 11.1 Å². The first-order valence-electron chi connectivity index (χ1n) is 11.3. The molecule has 0 aliphatic carbocycles. The number of aryl methyl sites for hydroxylation is 1. The number of anilines is 1. The monoisotopic (exact) mass is 569 g/mol. The molecule has 39 heavy (non-hydrogen) atoms. The van der Waals surface area contributed by atoms with Gasteiger partial charge >= 0.3 is 12.1 Å². The van der Waals surface area contributed by atoms with E-state index in [0.29, 0.717) is 18.0 Å². The predicted octanol–water partition coefficient (Wildman–Crippen LogP) is 5.39. The minimum absolute atomic E-state index is 0.00737. The first-order valence-corrected chi connectivity index (χ1v) is 12.6. The maximum atomic E-state index is 13.9. The molecule has 206 valence electrons. The minimum atomic E-state index is -5.82. The van der Waals surface area contributed by atoms with Crippen molar-refractivity contribution in [2.24, 2.45) is 14.1 Å². The standard InChI is InChI=1S/C24H21F6N7OS/c1-4-39(38)22-18(35-19(37(22)3)13(10-31)11-32-16-7-5-15(25)6-8-16)21-34-17-9-14(12-33-20(17)36(21)2)23(26,27)24(28,29)30/h5-12,31-32H,4H2,1-3H3/b13-11+,31-10?. The fourth-order valence-corrected chi connectivity index (χ4v) is 4.80. The van der Waals surface area contributed by atoms with E-state index in [1.807, 2.05) is 0 Å². The summed E-state index contributed by atoms with van der Waals surface area (Å²) in [6, 6.07) is 6.07. The van der Waals surface area contributed by atoms with Crippen molar-refractivity contribution in [2.45, 2.75) is 24.0 Å². The van der Waals surface area contributed by atoms with Crippen LogP contribution in [0.4, 0.5) is 32.0 Å². The van der Waals surface area contributed by atoms with Gasteiger partial charge in [0, 0.05) is 49.6 Å². The zero-order valence-electron chi connectivity index (χ0n) is 20.6. The van der Waals surface area contributed by atoms with Gasteiger partial charge in [-0.15, -0.1) is 0 Å². The maximum Gasteiger partial charge on any atom is 0.458 e. The lowest BCUT2D eigenvalue weighted by Gasteiger charge is -2.19. The van der Waals surface area contributed by atoms with Gasteiger partial charge in [-0.3, -0.25) is 4.57 Å². The number of pyridine rings is 1. The van der Waals surface area contributed by atoms with Crippen LogP contribution >= 0.6 is 0 Å². The Balaban J connectivity index is 1.84. The van der Waals surface area contributed by atoms with Gasteiger partial charge in [0.25, 0.3) is 5.03 Å². The molecule has 4 rings (SSSR count). The van der Waals surface area contributed by atoms with Crippen LogP contribution in [0.25, 0.3) is 28.3 Å². The van der Waals surface area contributed by atoms with Gasteiger partial charge in [0.2, 0.25) is 0 Å². The van der Waals surface area contributed by atoms with Gasteiger partial charge in [-0.05, 0) is 37.3 Å². The van der Waals surface area contributed by atoms with Crippen molar-refractivity contribution in [3.8, 4) is 11.5 Å². The predicted molar refractivity (Wildman–Crippen MR) is 134 cm³/mol. The number of hydrogen-bond donors (Lipinski definition) is 2. The van der Waals surface area contributed by atoms with Crippen molar-refractivity contribution in [1.82, 2.24) is 24.1 Å². The Morgan fingerprint density at radius 3 is 2.36 bits per heavy atom. The van der Waals surface area contributed by atoms with Gasteiger partial charge < -0.3 is 19.8 Å². The molecule has 0 saturated carbocycles. The molecule has 0 aliphatic heterocycles. The largest absolute Gasteiger partial charge is 0.610 e. The highest BCUT2D eigenvalue weighted by Crippen LogP contribution is 2.44. The van der Waals surface area contributed by atoms with Crippen LogP contribution in [0, 0.1) is 11.2 Å². The summed E-state index contributed by atoms with van der Waals surface area (Å²) in [5.74, 6) is -5.17. The van der Waals surface area contributed by atoms with Gasteiger partial charge in [-0.1, -0.05) is 0 Å². The van der Waals surface area contributed by atoms with Gasteiger partial charge in [0.15, 0.2) is 17.2 Å². The molecular formula is C24H21F6N7OS. The van der Waals surface area contributed by atoms with E-state index < -0.39 is 34.7 Å². The zero-order chi connectivity index (χ0) is 28.7. The molecule has 2 N–H and O–H groups in total. The fraction of sp³-hybridized carbons (Fsp3) is 0.250. The van der Waals surface area contributed by atoms with E-state index >= 15 is 0 Å². The number of alkyl halides is 5. The SMILES string of the molecule is CC[S+]([O-])c1c(-c2nc3cc(C(F)(F)C(F)(F)F)cnc3n2C)nc(/C(C=N)=C/Nc2ccc(F)cc2)n1C. The van der Waals surface area contributed by atoms with Crippen LogP contribution in [0.15, 0.2) is 47.8 Å². The smallest absolute Gasteiger partial charge is 0.458 e. The number of hydrogen-bond acceptors (Lipinski definition) is 6. The first-order chi connectivity index (χ1) is 18.3. The number of imidazole rings is 2. The molecule has 0 amide bonds. The summed E-state index contributed by atoms with van der Waals surface area (Å²) in [5, 5.41) is 11.0. The Kier molecular flexibility index (Phi) is 7.49. The van der Waals surface area contributed by atoms with E-state index in [-0.39, 0.29) is 44.9 Å². The second-order valence-corrected chi connectivity index (χ2v) is 9.97. The number of nitrogens with one attached hydrogen (secondary N) is 2. The molecule has 1 aromatic carbocycles. The Hall–Kier alpha value is -3.85. The van der Waals surface area contributed by atoms with Crippen LogP contribution in [0.5, 0.6) is 0 Å². The van der Waals surface area contributed by atoms with Crippen LogP contribution in [0.2, 0.25) is 0 Å². The lowest BCUT2D eigenvalue weighted by molar-refractivity contribution is -0.289. The van der Waals surface area contributed by atoms with E-state index in [9.17, 15) is 30.9 Å². The average molecular weight is 570 g/mol.